The molecule has 0 saturated heterocycles. The summed E-state index contributed by atoms with van der Waals surface area (Å²) in [6.45, 7) is 0. The molecule has 1 aromatic carbocycles. The van der Waals surface area contributed by atoms with Crippen LogP contribution >= 0.6 is 0 Å². The van der Waals surface area contributed by atoms with Crippen molar-refractivity contribution in [2.75, 3.05) is 22.7 Å². The van der Waals surface area contributed by atoms with Crippen LogP contribution in [0.3, 0.4) is 0 Å². The number of rotatable bonds is 0. The fourth-order valence-corrected chi connectivity index (χ4v) is 2.24. The molecule has 1 aliphatic rings. The molecule has 5 heteroatoms. The van der Waals surface area contributed by atoms with E-state index in [0.29, 0.717) is 17.3 Å². The highest BCUT2D eigenvalue weighted by Crippen LogP contribution is 2.31. The predicted molar refractivity (Wildman–Crippen MR) is 50.2 cm³/mol. The number of benzene rings is 1. The molecule has 4 nitrogen and oxygen atoms in total. The summed E-state index contributed by atoms with van der Waals surface area (Å²) in [5, 5.41) is 2.98. The SMILES string of the molecule is Nc1cc2c(cc1N)S(=O)CN2. The van der Waals surface area contributed by atoms with Gasteiger partial charge in [0.05, 0.1) is 38.6 Å². The van der Waals surface area contributed by atoms with Crippen LogP contribution in [-0.2, 0) is 10.8 Å². The van der Waals surface area contributed by atoms with Crippen LogP contribution < -0.4 is 16.8 Å². The van der Waals surface area contributed by atoms with Crippen molar-refractivity contribution in [3.05, 3.63) is 12.1 Å². The maximum absolute atomic E-state index is 11.3. The van der Waals surface area contributed by atoms with Crippen molar-refractivity contribution in [1.29, 1.82) is 0 Å². The standard InChI is InChI=1S/C7H9N3OS/c8-4-1-6-7(2-5(4)9)12(11)3-10-6/h1-2,10H,3,8-9H2. The highest BCUT2D eigenvalue weighted by Gasteiger charge is 2.18. The summed E-state index contributed by atoms with van der Waals surface area (Å²) in [4.78, 5) is 0.752. The topological polar surface area (TPSA) is 81.1 Å². The average Bonchev–Trinajstić information content (AvgIpc) is 2.35. The van der Waals surface area contributed by atoms with Crippen molar-refractivity contribution < 1.29 is 4.21 Å². The van der Waals surface area contributed by atoms with E-state index in [1.54, 1.807) is 12.1 Å². The van der Waals surface area contributed by atoms with Gasteiger partial charge in [-0.1, -0.05) is 0 Å². The quantitative estimate of drug-likeness (QED) is 0.507. The van der Waals surface area contributed by atoms with Crippen molar-refractivity contribution in [3.63, 3.8) is 0 Å². The Hall–Kier alpha value is -1.23. The van der Waals surface area contributed by atoms with E-state index in [0.717, 1.165) is 10.6 Å². The van der Waals surface area contributed by atoms with Crippen LogP contribution in [0.2, 0.25) is 0 Å². The molecule has 2 rings (SSSR count). The molecule has 0 radical (unpaired) electrons. The Kier molecular flexibility index (Phi) is 1.47. The van der Waals surface area contributed by atoms with Crippen LogP contribution in [0.15, 0.2) is 17.0 Å². The van der Waals surface area contributed by atoms with E-state index in [2.05, 4.69) is 5.32 Å². The Balaban J connectivity index is 2.63. The summed E-state index contributed by atoms with van der Waals surface area (Å²) in [6, 6.07) is 3.39. The first-order chi connectivity index (χ1) is 5.68. The second kappa shape index (κ2) is 2.38. The Morgan fingerprint density at radius 2 is 2.00 bits per heavy atom. The predicted octanol–water partition coefficient (Wildman–Crippen LogP) is 0.342. The summed E-state index contributed by atoms with van der Waals surface area (Å²) < 4.78 is 11.3. The maximum atomic E-state index is 11.3. The lowest BCUT2D eigenvalue weighted by Gasteiger charge is -2.02. The number of nitrogens with one attached hydrogen (secondary N) is 1. The maximum Gasteiger partial charge on any atom is 0.0959 e. The zero-order valence-electron chi connectivity index (χ0n) is 6.33. The molecule has 0 fully saturated rings. The van der Waals surface area contributed by atoms with Gasteiger partial charge in [-0.25, -0.2) is 0 Å². The zero-order chi connectivity index (χ0) is 8.72. The van der Waals surface area contributed by atoms with Crippen molar-refractivity contribution in [2.45, 2.75) is 4.90 Å². The van der Waals surface area contributed by atoms with Gasteiger partial charge in [0.25, 0.3) is 0 Å². The van der Waals surface area contributed by atoms with E-state index in [4.69, 9.17) is 11.5 Å². The number of nitrogen functional groups attached to an aromatic ring is 2. The van der Waals surface area contributed by atoms with E-state index < -0.39 is 10.8 Å². The Morgan fingerprint density at radius 1 is 1.33 bits per heavy atom. The van der Waals surface area contributed by atoms with Crippen LogP contribution in [-0.4, -0.2) is 10.1 Å². The average molecular weight is 183 g/mol. The first-order valence-corrected chi connectivity index (χ1v) is 4.81. The first kappa shape index (κ1) is 7.42. The van der Waals surface area contributed by atoms with Crippen molar-refractivity contribution in [3.8, 4) is 0 Å². The molecule has 1 aromatic rings. The summed E-state index contributed by atoms with van der Waals surface area (Å²) in [6.07, 6.45) is 0. The highest BCUT2D eigenvalue weighted by molar-refractivity contribution is 7.85. The normalized spacial score (nSPS) is 20.2. The van der Waals surface area contributed by atoms with Crippen molar-refractivity contribution in [2.24, 2.45) is 0 Å². The molecule has 0 aliphatic carbocycles. The lowest BCUT2D eigenvalue weighted by molar-refractivity contribution is 0.686. The fourth-order valence-electron chi connectivity index (χ4n) is 1.16. The Bertz CT molecular complexity index is 364. The van der Waals surface area contributed by atoms with Crippen molar-refractivity contribution >= 4 is 27.9 Å². The number of nitrogens with two attached hydrogens (primary N) is 2. The number of fused-ring (bicyclic) bond motifs is 1. The van der Waals surface area contributed by atoms with Gasteiger partial charge in [-0.3, -0.25) is 4.21 Å². The van der Waals surface area contributed by atoms with E-state index in [1.807, 2.05) is 0 Å². The monoisotopic (exact) mass is 183 g/mol. The molecule has 1 heterocycles. The lowest BCUT2D eigenvalue weighted by atomic mass is 10.2. The molecule has 0 amide bonds. The molecule has 64 valence electrons. The van der Waals surface area contributed by atoms with Gasteiger partial charge in [0.2, 0.25) is 0 Å². The van der Waals surface area contributed by atoms with Crippen LogP contribution in [0.4, 0.5) is 17.1 Å². The van der Waals surface area contributed by atoms with E-state index >= 15 is 0 Å². The molecule has 0 spiro atoms. The summed E-state index contributed by atoms with van der Waals surface area (Å²) in [7, 11) is -0.963. The molecular weight excluding hydrogens is 174 g/mol. The second-order valence-corrected chi connectivity index (χ2v) is 4.06. The van der Waals surface area contributed by atoms with Gasteiger partial charge in [-0.2, -0.15) is 0 Å². The van der Waals surface area contributed by atoms with Crippen LogP contribution in [0.5, 0.6) is 0 Å². The molecule has 0 aromatic heterocycles. The van der Waals surface area contributed by atoms with E-state index in [1.165, 1.54) is 0 Å². The molecular formula is C7H9N3OS. The molecule has 1 atom stereocenters. The van der Waals surface area contributed by atoms with Gasteiger partial charge in [0, 0.05) is 0 Å². The smallest absolute Gasteiger partial charge is 0.0959 e. The lowest BCUT2D eigenvalue weighted by Crippen LogP contribution is -1.95. The van der Waals surface area contributed by atoms with Gasteiger partial charge in [0.1, 0.15) is 0 Å². The summed E-state index contributed by atoms with van der Waals surface area (Å²) in [5.74, 6) is 0.457. The molecule has 1 aliphatic heterocycles. The van der Waals surface area contributed by atoms with E-state index in [-0.39, 0.29) is 0 Å². The fraction of sp³-hybridized carbons (Fsp3) is 0.143. The van der Waals surface area contributed by atoms with Crippen LogP contribution in [0, 0.1) is 0 Å². The third-order valence-corrected chi connectivity index (χ3v) is 3.06. The number of hydrogen-bond acceptors (Lipinski definition) is 4. The minimum absolute atomic E-state index is 0.457. The van der Waals surface area contributed by atoms with E-state index in [9.17, 15) is 4.21 Å². The minimum atomic E-state index is -0.963. The largest absolute Gasteiger partial charge is 0.397 e. The molecule has 0 bridgehead atoms. The third-order valence-electron chi connectivity index (χ3n) is 1.82. The Morgan fingerprint density at radius 3 is 2.75 bits per heavy atom. The molecule has 0 saturated carbocycles. The second-order valence-electron chi connectivity index (χ2n) is 2.64. The number of anilines is 3. The number of hydrogen-bond donors (Lipinski definition) is 3. The highest BCUT2D eigenvalue weighted by atomic mass is 32.2. The Labute approximate surface area is 72.4 Å². The van der Waals surface area contributed by atoms with Crippen molar-refractivity contribution in [1.82, 2.24) is 0 Å². The molecule has 5 N–H and O–H groups in total. The van der Waals surface area contributed by atoms with Gasteiger partial charge in [-0.05, 0) is 12.1 Å². The van der Waals surface area contributed by atoms with Crippen LogP contribution in [0.25, 0.3) is 0 Å². The minimum Gasteiger partial charge on any atom is -0.397 e. The van der Waals surface area contributed by atoms with Gasteiger partial charge < -0.3 is 16.8 Å². The van der Waals surface area contributed by atoms with Crippen LogP contribution in [0.1, 0.15) is 0 Å². The summed E-state index contributed by atoms with van der Waals surface area (Å²) in [5.41, 5.74) is 13.0. The first-order valence-electron chi connectivity index (χ1n) is 3.50. The van der Waals surface area contributed by atoms with Gasteiger partial charge in [0.15, 0.2) is 0 Å². The van der Waals surface area contributed by atoms with Gasteiger partial charge >= 0.3 is 0 Å². The molecule has 1 unspecified atom stereocenters. The zero-order valence-corrected chi connectivity index (χ0v) is 7.15. The third kappa shape index (κ3) is 0.937. The molecule has 12 heavy (non-hydrogen) atoms. The van der Waals surface area contributed by atoms with Gasteiger partial charge in [-0.15, -0.1) is 0 Å². The summed E-state index contributed by atoms with van der Waals surface area (Å²) >= 11 is 0.